The van der Waals surface area contributed by atoms with Crippen molar-refractivity contribution in [1.29, 1.82) is 0 Å². The van der Waals surface area contributed by atoms with Crippen molar-refractivity contribution in [3.8, 4) is 0 Å². The van der Waals surface area contributed by atoms with Gasteiger partial charge in [0.1, 0.15) is 6.33 Å². The molecule has 0 saturated heterocycles. The van der Waals surface area contributed by atoms with E-state index in [1.54, 1.807) is 5.38 Å². The monoisotopic (exact) mass is 274 g/mol. The molecule has 1 aliphatic heterocycles. The summed E-state index contributed by atoms with van der Waals surface area (Å²) in [6.45, 7) is 2.42. The van der Waals surface area contributed by atoms with Gasteiger partial charge in [-0.3, -0.25) is 4.90 Å². The average molecular weight is 274 g/mol. The van der Waals surface area contributed by atoms with Gasteiger partial charge in [-0.05, 0) is 12.0 Å². The third-order valence-corrected chi connectivity index (χ3v) is 4.28. The summed E-state index contributed by atoms with van der Waals surface area (Å²) in [7, 11) is 0. The Labute approximate surface area is 114 Å². The van der Waals surface area contributed by atoms with Gasteiger partial charge in [0.25, 0.3) is 0 Å². The largest absolute Gasteiger partial charge is 0.545 e. The Morgan fingerprint density at radius 3 is 2.95 bits per heavy atom. The average Bonchev–Trinajstić information content (AvgIpc) is 2.83. The zero-order valence-electron chi connectivity index (χ0n) is 10.2. The Hall–Kier alpha value is -1.79. The SMILES string of the molecule is O=C([O-])c1csc2c1CCN(Cc1cncnc1)C2. The summed E-state index contributed by atoms with van der Waals surface area (Å²) in [4.78, 5) is 22.4. The van der Waals surface area contributed by atoms with Gasteiger partial charge in [-0.25, -0.2) is 9.97 Å². The second-order valence-electron chi connectivity index (χ2n) is 4.55. The van der Waals surface area contributed by atoms with E-state index in [0.717, 1.165) is 42.1 Å². The highest BCUT2D eigenvalue weighted by Crippen LogP contribution is 2.28. The summed E-state index contributed by atoms with van der Waals surface area (Å²) < 4.78 is 0. The fourth-order valence-corrected chi connectivity index (χ4v) is 3.47. The van der Waals surface area contributed by atoms with E-state index in [1.165, 1.54) is 17.7 Å². The van der Waals surface area contributed by atoms with E-state index in [4.69, 9.17) is 0 Å². The molecule has 0 atom stereocenters. The number of hydrogen-bond donors (Lipinski definition) is 0. The molecule has 0 fully saturated rings. The number of fused-ring (bicyclic) bond motifs is 1. The highest BCUT2D eigenvalue weighted by atomic mass is 32.1. The van der Waals surface area contributed by atoms with Gasteiger partial charge in [0.05, 0.1) is 5.97 Å². The van der Waals surface area contributed by atoms with Crippen molar-refractivity contribution in [2.75, 3.05) is 6.54 Å². The van der Waals surface area contributed by atoms with E-state index in [-0.39, 0.29) is 0 Å². The van der Waals surface area contributed by atoms with Crippen LogP contribution in [0.4, 0.5) is 0 Å². The van der Waals surface area contributed by atoms with E-state index in [2.05, 4.69) is 14.9 Å². The normalized spacial score (nSPS) is 15.2. The van der Waals surface area contributed by atoms with Gasteiger partial charge in [0, 0.05) is 53.4 Å². The molecule has 0 aliphatic carbocycles. The molecule has 2 aromatic heterocycles. The lowest BCUT2D eigenvalue weighted by atomic mass is 10.0. The number of rotatable bonds is 3. The highest BCUT2D eigenvalue weighted by molar-refractivity contribution is 7.10. The first-order valence-electron chi connectivity index (χ1n) is 6.01. The fourth-order valence-electron chi connectivity index (χ4n) is 2.36. The molecule has 0 aromatic carbocycles. The van der Waals surface area contributed by atoms with Crippen LogP contribution < -0.4 is 5.11 Å². The minimum atomic E-state index is -1.07. The molecular formula is C13H12N3O2S-. The van der Waals surface area contributed by atoms with Gasteiger partial charge >= 0.3 is 0 Å². The number of nitrogens with zero attached hydrogens (tertiary/aromatic N) is 3. The molecule has 6 heteroatoms. The summed E-state index contributed by atoms with van der Waals surface area (Å²) >= 11 is 1.50. The van der Waals surface area contributed by atoms with Gasteiger partial charge in [0.2, 0.25) is 0 Å². The summed E-state index contributed by atoms with van der Waals surface area (Å²) in [5, 5.41) is 12.7. The second-order valence-corrected chi connectivity index (χ2v) is 5.51. The maximum absolute atomic E-state index is 11.0. The van der Waals surface area contributed by atoms with Gasteiger partial charge in [-0.2, -0.15) is 0 Å². The molecule has 0 radical (unpaired) electrons. The van der Waals surface area contributed by atoms with E-state index in [0.29, 0.717) is 5.56 Å². The van der Waals surface area contributed by atoms with E-state index < -0.39 is 5.97 Å². The number of carbonyl (C=O) groups is 1. The van der Waals surface area contributed by atoms with E-state index >= 15 is 0 Å². The Morgan fingerprint density at radius 1 is 1.42 bits per heavy atom. The van der Waals surface area contributed by atoms with Crippen molar-refractivity contribution in [1.82, 2.24) is 14.9 Å². The van der Waals surface area contributed by atoms with E-state index in [1.807, 2.05) is 12.4 Å². The quantitative estimate of drug-likeness (QED) is 0.813. The zero-order chi connectivity index (χ0) is 13.2. The number of carboxylic acids is 1. The molecule has 98 valence electrons. The molecule has 0 saturated carbocycles. The number of aromatic carboxylic acids is 1. The van der Waals surface area contributed by atoms with Crippen molar-refractivity contribution in [2.24, 2.45) is 0 Å². The maximum Gasteiger partial charge on any atom is 0.115 e. The van der Waals surface area contributed by atoms with Crippen molar-refractivity contribution in [3.05, 3.63) is 45.7 Å². The molecule has 5 nitrogen and oxygen atoms in total. The van der Waals surface area contributed by atoms with Crippen LogP contribution in [0, 0.1) is 0 Å². The van der Waals surface area contributed by atoms with Crippen LogP contribution in [0.3, 0.4) is 0 Å². The predicted octanol–water partition coefficient (Wildman–Crippen LogP) is 0.460. The van der Waals surface area contributed by atoms with Gasteiger partial charge in [0.15, 0.2) is 0 Å². The van der Waals surface area contributed by atoms with Crippen molar-refractivity contribution in [2.45, 2.75) is 19.5 Å². The molecule has 0 N–H and O–H groups in total. The third-order valence-electron chi connectivity index (χ3n) is 3.27. The van der Waals surface area contributed by atoms with Gasteiger partial charge in [-0.1, -0.05) is 0 Å². The highest BCUT2D eigenvalue weighted by Gasteiger charge is 2.21. The summed E-state index contributed by atoms with van der Waals surface area (Å²) in [5.74, 6) is -1.07. The summed E-state index contributed by atoms with van der Waals surface area (Å²) in [6, 6.07) is 0. The fraction of sp³-hybridized carbons (Fsp3) is 0.308. The Bertz CT molecular complexity index is 597. The van der Waals surface area contributed by atoms with Gasteiger partial charge < -0.3 is 9.90 Å². The van der Waals surface area contributed by atoms with Crippen LogP contribution in [0.25, 0.3) is 0 Å². The van der Waals surface area contributed by atoms with Crippen LogP contribution in [0.1, 0.15) is 26.4 Å². The van der Waals surface area contributed by atoms with Crippen LogP contribution in [0.15, 0.2) is 24.1 Å². The van der Waals surface area contributed by atoms with Crippen molar-refractivity contribution < 1.29 is 9.90 Å². The van der Waals surface area contributed by atoms with Crippen molar-refractivity contribution >= 4 is 17.3 Å². The number of carbonyl (C=O) groups excluding carboxylic acids is 1. The first kappa shape index (κ1) is 12.3. The predicted molar refractivity (Wildman–Crippen MR) is 68.5 cm³/mol. The zero-order valence-corrected chi connectivity index (χ0v) is 11.0. The minimum Gasteiger partial charge on any atom is -0.545 e. The molecule has 0 spiro atoms. The lowest BCUT2D eigenvalue weighted by Gasteiger charge is -2.27. The Kier molecular flexibility index (Phi) is 3.27. The van der Waals surface area contributed by atoms with Crippen LogP contribution in [-0.4, -0.2) is 27.4 Å². The number of carboxylic acid groups (broad SMARTS) is 1. The molecule has 0 unspecified atom stereocenters. The minimum absolute atomic E-state index is 0.364. The molecule has 3 heterocycles. The van der Waals surface area contributed by atoms with Gasteiger partial charge in [-0.15, -0.1) is 11.3 Å². The molecule has 1 aliphatic rings. The first-order chi connectivity index (χ1) is 9.24. The number of hydrogen-bond acceptors (Lipinski definition) is 6. The molecule has 0 bridgehead atoms. The number of aromatic nitrogens is 2. The molecule has 0 amide bonds. The smallest absolute Gasteiger partial charge is 0.115 e. The van der Waals surface area contributed by atoms with Crippen LogP contribution in [0.2, 0.25) is 0 Å². The second kappa shape index (κ2) is 5.07. The molecule has 19 heavy (non-hydrogen) atoms. The van der Waals surface area contributed by atoms with Crippen LogP contribution in [-0.2, 0) is 19.5 Å². The Morgan fingerprint density at radius 2 is 2.21 bits per heavy atom. The van der Waals surface area contributed by atoms with Crippen molar-refractivity contribution in [3.63, 3.8) is 0 Å². The van der Waals surface area contributed by atoms with Crippen LogP contribution >= 0.6 is 11.3 Å². The van der Waals surface area contributed by atoms with E-state index in [9.17, 15) is 9.90 Å². The Balaban J connectivity index is 1.74. The molecule has 2 aromatic rings. The first-order valence-corrected chi connectivity index (χ1v) is 6.89. The third kappa shape index (κ3) is 2.50. The maximum atomic E-state index is 11.0. The lowest BCUT2D eigenvalue weighted by molar-refractivity contribution is -0.255. The topological polar surface area (TPSA) is 69.2 Å². The standard InChI is InChI=1S/C13H13N3O2S/c17-13(18)11-7-19-12-6-16(2-1-10(11)12)5-9-3-14-8-15-4-9/h3-4,7-8H,1-2,5-6H2,(H,17,18)/p-1. The lowest BCUT2D eigenvalue weighted by Crippen LogP contribution is -2.31. The summed E-state index contributed by atoms with van der Waals surface area (Å²) in [5.41, 5.74) is 2.39. The number of thiophene rings is 1. The molecule has 3 rings (SSSR count). The summed E-state index contributed by atoms with van der Waals surface area (Å²) in [6.07, 6.45) is 5.89. The molecular weight excluding hydrogens is 262 g/mol. The van der Waals surface area contributed by atoms with Crippen LogP contribution in [0.5, 0.6) is 0 Å².